The average Bonchev–Trinajstić information content (AvgIpc) is 3.05. The van der Waals surface area contributed by atoms with Gasteiger partial charge in [0.05, 0.1) is 0 Å². The number of benzene rings is 3. The van der Waals surface area contributed by atoms with Gasteiger partial charge in [0, 0.05) is 22.2 Å². The summed E-state index contributed by atoms with van der Waals surface area (Å²) in [7, 11) is 0. The molecule has 0 unspecified atom stereocenters. The summed E-state index contributed by atoms with van der Waals surface area (Å²) in [4.78, 5) is 3.55. The van der Waals surface area contributed by atoms with E-state index < -0.39 is 0 Å². The molecule has 3 aromatic carbocycles. The molecule has 0 amide bonds. The number of para-hydroxylation sites is 1. The molecule has 110 valence electrons. The van der Waals surface area contributed by atoms with Crippen molar-refractivity contribution in [3.8, 4) is 0 Å². The summed E-state index contributed by atoms with van der Waals surface area (Å²) in [5, 5.41) is 1.23. The Labute approximate surface area is 135 Å². The molecule has 1 heteroatoms. The maximum absolute atomic E-state index is 3.55. The largest absolute Gasteiger partial charge is 0.355 e. The molecule has 0 spiro atoms. The topological polar surface area (TPSA) is 15.8 Å². The Bertz CT molecular complexity index is 914. The first-order valence-corrected chi connectivity index (χ1v) is 7.80. The van der Waals surface area contributed by atoms with Gasteiger partial charge in [-0.2, -0.15) is 0 Å². The number of H-pyrrole nitrogens is 1. The zero-order valence-corrected chi connectivity index (χ0v) is 12.7. The Morgan fingerprint density at radius 2 is 1.35 bits per heavy atom. The molecule has 1 N–H and O–H groups in total. The molecular formula is C22H17N. The van der Waals surface area contributed by atoms with E-state index in [2.05, 4.69) is 96.0 Å². The van der Waals surface area contributed by atoms with Gasteiger partial charge in [0.1, 0.15) is 0 Å². The average molecular weight is 295 g/mol. The predicted octanol–water partition coefficient (Wildman–Crippen LogP) is 5.76. The third-order valence-electron chi connectivity index (χ3n) is 4.02. The van der Waals surface area contributed by atoms with Gasteiger partial charge < -0.3 is 4.98 Å². The van der Waals surface area contributed by atoms with E-state index in [4.69, 9.17) is 0 Å². The number of rotatable bonds is 3. The summed E-state index contributed by atoms with van der Waals surface area (Å²) >= 11 is 0. The highest BCUT2D eigenvalue weighted by Crippen LogP contribution is 2.28. The van der Waals surface area contributed by atoms with Crippen molar-refractivity contribution >= 4 is 22.6 Å². The lowest BCUT2D eigenvalue weighted by molar-refractivity contribution is 1.39. The lowest BCUT2D eigenvalue weighted by Crippen LogP contribution is -1.88. The smallest absolute Gasteiger partial charge is 0.0471 e. The fourth-order valence-electron chi connectivity index (χ4n) is 2.87. The minimum Gasteiger partial charge on any atom is -0.355 e. The fourth-order valence-corrected chi connectivity index (χ4v) is 2.87. The normalized spacial score (nSPS) is 11.7. The molecule has 0 bridgehead atoms. The van der Waals surface area contributed by atoms with Crippen molar-refractivity contribution in [1.82, 2.24) is 4.98 Å². The number of hydrogen-bond donors (Lipinski definition) is 1. The molecule has 1 heterocycles. The quantitative estimate of drug-likeness (QED) is 0.463. The summed E-state index contributed by atoms with van der Waals surface area (Å²) < 4.78 is 0. The highest BCUT2D eigenvalue weighted by atomic mass is 14.7. The first-order valence-electron chi connectivity index (χ1n) is 7.80. The Kier molecular flexibility index (Phi) is 3.53. The first kappa shape index (κ1) is 13.6. The van der Waals surface area contributed by atoms with Crippen molar-refractivity contribution in [3.63, 3.8) is 0 Å². The second-order valence-corrected chi connectivity index (χ2v) is 5.60. The van der Waals surface area contributed by atoms with Gasteiger partial charge in [0.15, 0.2) is 0 Å². The van der Waals surface area contributed by atoms with E-state index in [0.29, 0.717) is 0 Å². The number of fused-ring (bicyclic) bond motifs is 1. The molecule has 0 aliphatic rings. The van der Waals surface area contributed by atoms with E-state index in [-0.39, 0.29) is 0 Å². The molecule has 0 radical (unpaired) electrons. The maximum Gasteiger partial charge on any atom is 0.0471 e. The van der Waals surface area contributed by atoms with Gasteiger partial charge in [0.25, 0.3) is 0 Å². The molecular weight excluding hydrogens is 278 g/mol. The van der Waals surface area contributed by atoms with E-state index in [9.17, 15) is 0 Å². The standard InChI is InChI=1S/C22H17N/c1-3-9-17(10-4-1)15-20(18-11-5-2-6-12-18)22-16-19-13-7-8-14-21(19)23-22/h1-16,23H/b20-15+. The minimum atomic E-state index is 1.14. The van der Waals surface area contributed by atoms with E-state index >= 15 is 0 Å². The molecule has 0 saturated heterocycles. The van der Waals surface area contributed by atoms with Crippen LogP contribution < -0.4 is 0 Å². The van der Waals surface area contributed by atoms with Crippen LogP contribution in [0.3, 0.4) is 0 Å². The van der Waals surface area contributed by atoms with Crippen molar-refractivity contribution in [2.75, 3.05) is 0 Å². The van der Waals surface area contributed by atoms with E-state index in [1.165, 1.54) is 22.1 Å². The van der Waals surface area contributed by atoms with Gasteiger partial charge in [0.2, 0.25) is 0 Å². The van der Waals surface area contributed by atoms with Crippen LogP contribution in [-0.4, -0.2) is 4.98 Å². The molecule has 0 atom stereocenters. The molecule has 0 aliphatic carbocycles. The monoisotopic (exact) mass is 295 g/mol. The van der Waals surface area contributed by atoms with Crippen molar-refractivity contribution in [1.29, 1.82) is 0 Å². The molecule has 1 nitrogen and oxygen atoms in total. The highest BCUT2D eigenvalue weighted by Gasteiger charge is 2.08. The van der Waals surface area contributed by atoms with Crippen LogP contribution in [0.5, 0.6) is 0 Å². The van der Waals surface area contributed by atoms with Crippen molar-refractivity contribution in [3.05, 3.63) is 108 Å². The van der Waals surface area contributed by atoms with Crippen LogP contribution >= 0.6 is 0 Å². The molecule has 4 rings (SSSR count). The lowest BCUT2D eigenvalue weighted by Gasteiger charge is -2.06. The number of nitrogens with one attached hydrogen (secondary N) is 1. The number of hydrogen-bond acceptors (Lipinski definition) is 0. The van der Waals surface area contributed by atoms with E-state index in [1.807, 2.05) is 6.07 Å². The zero-order valence-electron chi connectivity index (χ0n) is 12.7. The minimum absolute atomic E-state index is 1.14. The van der Waals surface area contributed by atoms with Crippen LogP contribution in [0.2, 0.25) is 0 Å². The van der Waals surface area contributed by atoms with Gasteiger partial charge >= 0.3 is 0 Å². The Hall–Kier alpha value is -3.06. The summed E-state index contributed by atoms with van der Waals surface area (Å²) in [5.74, 6) is 0. The summed E-state index contributed by atoms with van der Waals surface area (Å²) in [6, 6.07) is 31.6. The molecule has 1 aromatic heterocycles. The third kappa shape index (κ3) is 2.82. The molecule has 23 heavy (non-hydrogen) atoms. The van der Waals surface area contributed by atoms with Gasteiger partial charge in [-0.3, -0.25) is 0 Å². The SMILES string of the molecule is C(=C(/c1ccccc1)c1cc2ccccc2[nH]1)/c1ccccc1. The summed E-state index contributed by atoms with van der Waals surface area (Å²) in [5.41, 5.74) is 5.92. The Morgan fingerprint density at radius 1 is 0.696 bits per heavy atom. The van der Waals surface area contributed by atoms with Gasteiger partial charge in [-0.25, -0.2) is 0 Å². The van der Waals surface area contributed by atoms with Crippen molar-refractivity contribution in [2.45, 2.75) is 0 Å². The van der Waals surface area contributed by atoms with E-state index in [1.54, 1.807) is 0 Å². The third-order valence-corrected chi connectivity index (χ3v) is 4.02. The van der Waals surface area contributed by atoms with Gasteiger partial charge in [-0.15, -0.1) is 0 Å². The first-order chi connectivity index (χ1) is 11.4. The lowest BCUT2D eigenvalue weighted by atomic mass is 10.00. The van der Waals surface area contributed by atoms with Gasteiger partial charge in [-0.1, -0.05) is 78.9 Å². The second kappa shape index (κ2) is 5.98. The highest BCUT2D eigenvalue weighted by molar-refractivity contribution is 5.94. The van der Waals surface area contributed by atoms with Crippen LogP contribution in [-0.2, 0) is 0 Å². The van der Waals surface area contributed by atoms with Crippen LogP contribution in [0.1, 0.15) is 16.8 Å². The molecule has 4 aromatic rings. The zero-order chi connectivity index (χ0) is 15.5. The van der Waals surface area contributed by atoms with Crippen molar-refractivity contribution < 1.29 is 0 Å². The summed E-state index contributed by atoms with van der Waals surface area (Å²) in [6.45, 7) is 0. The number of aromatic amines is 1. The molecule has 0 fully saturated rings. The Balaban J connectivity index is 1.90. The molecule has 0 saturated carbocycles. The molecule has 0 aliphatic heterocycles. The number of aromatic nitrogens is 1. The van der Waals surface area contributed by atoms with Crippen LogP contribution in [0.25, 0.3) is 22.6 Å². The van der Waals surface area contributed by atoms with Crippen LogP contribution in [0, 0.1) is 0 Å². The van der Waals surface area contributed by atoms with Crippen molar-refractivity contribution in [2.24, 2.45) is 0 Å². The second-order valence-electron chi connectivity index (χ2n) is 5.60. The fraction of sp³-hybridized carbons (Fsp3) is 0. The predicted molar refractivity (Wildman–Crippen MR) is 98.2 cm³/mol. The van der Waals surface area contributed by atoms with Gasteiger partial charge in [-0.05, 0) is 29.3 Å². The van der Waals surface area contributed by atoms with Crippen LogP contribution in [0.15, 0.2) is 91.0 Å². The van der Waals surface area contributed by atoms with Crippen LogP contribution in [0.4, 0.5) is 0 Å². The Morgan fingerprint density at radius 3 is 2.09 bits per heavy atom. The summed E-state index contributed by atoms with van der Waals surface area (Å²) in [6.07, 6.45) is 2.24. The maximum atomic E-state index is 3.55. The van der Waals surface area contributed by atoms with E-state index in [0.717, 1.165) is 11.2 Å².